The van der Waals surface area contributed by atoms with Gasteiger partial charge in [0.25, 0.3) is 0 Å². The molecule has 0 spiro atoms. The molecule has 3 atom stereocenters. The van der Waals surface area contributed by atoms with Crippen molar-refractivity contribution in [3.05, 3.63) is 0 Å². The molecule has 3 unspecified atom stereocenters. The molecule has 1 rings (SSSR count). The van der Waals surface area contributed by atoms with Crippen LogP contribution in [0, 0.1) is 5.92 Å². The van der Waals surface area contributed by atoms with E-state index >= 15 is 0 Å². The van der Waals surface area contributed by atoms with Crippen molar-refractivity contribution in [2.75, 3.05) is 40.3 Å². The Kier molecular flexibility index (Phi) is 7.96. The average molecular weight is 269 g/mol. The molecule has 1 saturated carbocycles. The summed E-state index contributed by atoms with van der Waals surface area (Å²) < 4.78 is 0. The largest absolute Gasteiger partial charge is 0.314 e. The molecule has 0 amide bonds. The van der Waals surface area contributed by atoms with Gasteiger partial charge < -0.3 is 10.2 Å². The zero-order valence-electron chi connectivity index (χ0n) is 13.8. The quantitative estimate of drug-likeness (QED) is 0.730. The highest BCUT2D eigenvalue weighted by Crippen LogP contribution is 2.25. The van der Waals surface area contributed by atoms with E-state index in [1.807, 2.05) is 0 Å². The highest BCUT2D eigenvalue weighted by atomic mass is 15.2. The lowest BCUT2D eigenvalue weighted by molar-refractivity contribution is 0.125. The summed E-state index contributed by atoms with van der Waals surface area (Å²) in [5.74, 6) is 0.846. The predicted molar refractivity (Wildman–Crippen MR) is 84.7 cm³/mol. The highest BCUT2D eigenvalue weighted by Gasteiger charge is 2.27. The average Bonchev–Trinajstić information content (AvgIpc) is 2.37. The van der Waals surface area contributed by atoms with E-state index in [0.717, 1.165) is 25.0 Å². The minimum absolute atomic E-state index is 0.657. The fraction of sp³-hybridized carbons (Fsp3) is 1.00. The van der Waals surface area contributed by atoms with E-state index in [1.165, 1.54) is 38.8 Å². The molecule has 3 heteroatoms. The van der Waals surface area contributed by atoms with Gasteiger partial charge in [-0.25, -0.2) is 0 Å². The molecule has 114 valence electrons. The van der Waals surface area contributed by atoms with Gasteiger partial charge in [-0.05, 0) is 52.9 Å². The van der Waals surface area contributed by atoms with Crippen LogP contribution in [0.15, 0.2) is 0 Å². The predicted octanol–water partition coefficient (Wildman–Crippen LogP) is 2.43. The van der Waals surface area contributed by atoms with E-state index in [1.54, 1.807) is 0 Å². The molecular formula is C16H35N3. The number of nitrogens with zero attached hydrogens (tertiary/aromatic N) is 2. The Bertz CT molecular complexity index is 228. The van der Waals surface area contributed by atoms with Gasteiger partial charge in [0.1, 0.15) is 0 Å². The zero-order chi connectivity index (χ0) is 14.3. The second-order valence-corrected chi connectivity index (χ2v) is 6.41. The first-order valence-electron chi connectivity index (χ1n) is 8.20. The van der Waals surface area contributed by atoms with E-state index < -0.39 is 0 Å². The van der Waals surface area contributed by atoms with E-state index in [2.05, 4.69) is 50.0 Å². The van der Waals surface area contributed by atoms with Crippen molar-refractivity contribution in [2.45, 2.75) is 58.5 Å². The van der Waals surface area contributed by atoms with Crippen LogP contribution in [-0.2, 0) is 0 Å². The lowest BCUT2D eigenvalue weighted by atomic mass is 9.84. The number of hydrogen-bond acceptors (Lipinski definition) is 3. The maximum atomic E-state index is 3.71. The minimum atomic E-state index is 0.657. The highest BCUT2D eigenvalue weighted by molar-refractivity contribution is 4.84. The first-order chi connectivity index (χ1) is 9.08. The van der Waals surface area contributed by atoms with Crippen LogP contribution in [0.2, 0.25) is 0 Å². The van der Waals surface area contributed by atoms with E-state index in [9.17, 15) is 0 Å². The maximum absolute atomic E-state index is 3.71. The van der Waals surface area contributed by atoms with E-state index in [4.69, 9.17) is 0 Å². The summed E-state index contributed by atoms with van der Waals surface area (Å²) >= 11 is 0. The van der Waals surface area contributed by atoms with Gasteiger partial charge >= 0.3 is 0 Å². The Morgan fingerprint density at radius 3 is 2.42 bits per heavy atom. The third kappa shape index (κ3) is 5.80. The molecule has 0 aliphatic heterocycles. The van der Waals surface area contributed by atoms with Crippen molar-refractivity contribution in [1.29, 1.82) is 0 Å². The monoisotopic (exact) mass is 269 g/mol. The Labute approximate surface area is 120 Å². The Morgan fingerprint density at radius 1 is 1.16 bits per heavy atom. The molecule has 0 aromatic rings. The third-order valence-electron chi connectivity index (χ3n) is 4.50. The summed E-state index contributed by atoms with van der Waals surface area (Å²) in [5.41, 5.74) is 0. The van der Waals surface area contributed by atoms with Crippen LogP contribution in [0.1, 0.15) is 46.5 Å². The van der Waals surface area contributed by atoms with Gasteiger partial charge in [-0.2, -0.15) is 0 Å². The summed E-state index contributed by atoms with van der Waals surface area (Å²) in [6.45, 7) is 11.6. The second-order valence-electron chi connectivity index (χ2n) is 6.41. The number of hydrogen-bond donors (Lipinski definition) is 1. The summed E-state index contributed by atoms with van der Waals surface area (Å²) in [4.78, 5) is 4.97. The van der Waals surface area contributed by atoms with Gasteiger partial charge in [-0.1, -0.05) is 26.7 Å². The van der Waals surface area contributed by atoms with Gasteiger partial charge in [-0.15, -0.1) is 0 Å². The number of rotatable bonds is 8. The maximum Gasteiger partial charge on any atom is 0.0194 e. The number of nitrogens with one attached hydrogen (secondary N) is 1. The van der Waals surface area contributed by atoms with Gasteiger partial charge in [-0.3, -0.25) is 4.90 Å². The van der Waals surface area contributed by atoms with Crippen molar-refractivity contribution in [2.24, 2.45) is 5.92 Å². The van der Waals surface area contributed by atoms with Gasteiger partial charge in [0.05, 0.1) is 0 Å². The van der Waals surface area contributed by atoms with Crippen molar-refractivity contribution in [1.82, 2.24) is 15.1 Å². The van der Waals surface area contributed by atoms with Crippen molar-refractivity contribution in [3.8, 4) is 0 Å². The van der Waals surface area contributed by atoms with Gasteiger partial charge in [0.15, 0.2) is 0 Å². The molecule has 19 heavy (non-hydrogen) atoms. The van der Waals surface area contributed by atoms with Crippen LogP contribution < -0.4 is 5.32 Å². The van der Waals surface area contributed by atoms with E-state index in [-0.39, 0.29) is 0 Å². The molecule has 1 N–H and O–H groups in total. The summed E-state index contributed by atoms with van der Waals surface area (Å²) in [5, 5.41) is 3.71. The minimum Gasteiger partial charge on any atom is -0.314 e. The molecule has 0 radical (unpaired) electrons. The first-order valence-corrected chi connectivity index (χ1v) is 8.20. The van der Waals surface area contributed by atoms with Crippen LogP contribution >= 0.6 is 0 Å². The smallest absolute Gasteiger partial charge is 0.0194 e. The Hall–Kier alpha value is -0.120. The van der Waals surface area contributed by atoms with Crippen LogP contribution in [0.3, 0.4) is 0 Å². The van der Waals surface area contributed by atoms with Crippen molar-refractivity contribution >= 4 is 0 Å². The summed E-state index contributed by atoms with van der Waals surface area (Å²) in [6.07, 6.45) is 5.61. The topological polar surface area (TPSA) is 18.5 Å². The molecule has 1 aliphatic carbocycles. The third-order valence-corrected chi connectivity index (χ3v) is 4.50. The second kappa shape index (κ2) is 8.93. The van der Waals surface area contributed by atoms with Crippen LogP contribution in [0.4, 0.5) is 0 Å². The van der Waals surface area contributed by atoms with Gasteiger partial charge in [0, 0.05) is 25.2 Å². The standard InChI is InChI=1S/C16H35N3/c1-6-17-16-11-9-8-10-15(16)13-19(7-2)14(3)12-18(4)5/h14-17H,6-13H2,1-5H3. The van der Waals surface area contributed by atoms with Crippen LogP contribution in [0.5, 0.6) is 0 Å². The lowest BCUT2D eigenvalue weighted by Gasteiger charge is -2.38. The molecule has 0 aromatic heterocycles. The molecular weight excluding hydrogens is 234 g/mol. The fourth-order valence-electron chi connectivity index (χ4n) is 3.52. The molecule has 1 fully saturated rings. The zero-order valence-corrected chi connectivity index (χ0v) is 13.8. The molecule has 3 nitrogen and oxygen atoms in total. The molecule has 0 aromatic carbocycles. The normalized spacial score (nSPS) is 26.1. The fourth-order valence-corrected chi connectivity index (χ4v) is 3.52. The molecule has 1 aliphatic rings. The molecule has 0 saturated heterocycles. The SMILES string of the molecule is CCNC1CCCCC1CN(CC)C(C)CN(C)C. The van der Waals surface area contributed by atoms with Crippen LogP contribution in [0.25, 0.3) is 0 Å². The Balaban J connectivity index is 2.51. The first kappa shape index (κ1) is 16.9. The number of likely N-dealkylation sites (N-methyl/N-ethyl adjacent to an activating group) is 2. The Morgan fingerprint density at radius 2 is 1.84 bits per heavy atom. The molecule has 0 bridgehead atoms. The molecule has 0 heterocycles. The van der Waals surface area contributed by atoms with Crippen molar-refractivity contribution in [3.63, 3.8) is 0 Å². The summed E-state index contributed by atoms with van der Waals surface area (Å²) in [7, 11) is 4.35. The summed E-state index contributed by atoms with van der Waals surface area (Å²) in [6, 6.07) is 1.41. The van der Waals surface area contributed by atoms with Crippen molar-refractivity contribution < 1.29 is 0 Å². The van der Waals surface area contributed by atoms with Gasteiger partial charge in [0.2, 0.25) is 0 Å². The lowest BCUT2D eigenvalue weighted by Crippen LogP contribution is -2.48. The van der Waals surface area contributed by atoms with E-state index in [0.29, 0.717) is 6.04 Å². The van der Waals surface area contributed by atoms with Crippen LogP contribution in [-0.4, -0.2) is 62.2 Å².